The average Bonchev–Trinajstić information content (AvgIpc) is 3.38. The zero-order chi connectivity index (χ0) is 24.1. The van der Waals surface area contributed by atoms with E-state index >= 15 is 0 Å². The molecule has 0 aliphatic carbocycles. The van der Waals surface area contributed by atoms with Crippen molar-refractivity contribution in [3.8, 4) is 0 Å². The molecule has 1 aliphatic heterocycles. The molecule has 3 aromatic rings. The summed E-state index contributed by atoms with van der Waals surface area (Å²) in [4.78, 5) is 41.7. The minimum absolute atomic E-state index is 0.117. The van der Waals surface area contributed by atoms with Crippen LogP contribution in [0.3, 0.4) is 0 Å². The number of fused-ring (bicyclic) bond motifs is 1. The summed E-state index contributed by atoms with van der Waals surface area (Å²) in [6.45, 7) is 2.77. The van der Waals surface area contributed by atoms with Crippen LogP contribution in [0.5, 0.6) is 0 Å². The van der Waals surface area contributed by atoms with Crippen molar-refractivity contribution in [3.63, 3.8) is 0 Å². The van der Waals surface area contributed by atoms with Crippen molar-refractivity contribution in [3.05, 3.63) is 87.6 Å². The first-order valence-electron chi connectivity index (χ1n) is 11.1. The molecule has 176 valence electrons. The zero-order valence-electron chi connectivity index (χ0n) is 19.0. The largest absolute Gasteiger partial charge is 0.462 e. The van der Waals surface area contributed by atoms with Gasteiger partial charge in [0.15, 0.2) is 0 Å². The van der Waals surface area contributed by atoms with Gasteiger partial charge in [-0.1, -0.05) is 24.3 Å². The van der Waals surface area contributed by atoms with Gasteiger partial charge in [-0.3, -0.25) is 9.59 Å². The van der Waals surface area contributed by atoms with Gasteiger partial charge >= 0.3 is 5.97 Å². The van der Waals surface area contributed by atoms with E-state index in [1.807, 2.05) is 29.6 Å². The molecule has 1 aromatic heterocycles. The van der Waals surface area contributed by atoms with E-state index in [1.165, 1.54) is 11.3 Å². The standard InChI is InChI=1S/C26H26N2O5S/c1-3-33-26(31)17-10-12-18(13-11-17)27-24(29)22-19-7-4-5-8-20(19)25(30)28(14-15-32-2)23(22)21-9-6-16-34-21/h4-13,16,22-23H,3,14-15H2,1-2H3,(H,27,29). The monoisotopic (exact) mass is 478 g/mol. The van der Waals surface area contributed by atoms with Gasteiger partial charge < -0.3 is 19.7 Å². The zero-order valence-corrected chi connectivity index (χ0v) is 19.8. The summed E-state index contributed by atoms with van der Waals surface area (Å²) in [6.07, 6.45) is 0. The smallest absolute Gasteiger partial charge is 0.338 e. The van der Waals surface area contributed by atoms with Crippen molar-refractivity contribution in [2.75, 3.05) is 32.2 Å². The van der Waals surface area contributed by atoms with Crippen molar-refractivity contribution in [1.82, 2.24) is 4.90 Å². The maximum absolute atomic E-state index is 13.7. The summed E-state index contributed by atoms with van der Waals surface area (Å²) in [6, 6.07) is 17.2. The Morgan fingerprint density at radius 2 is 1.82 bits per heavy atom. The van der Waals surface area contributed by atoms with Gasteiger partial charge in [0, 0.05) is 29.8 Å². The molecule has 1 N–H and O–H groups in total. The van der Waals surface area contributed by atoms with Gasteiger partial charge in [-0.25, -0.2) is 4.79 Å². The van der Waals surface area contributed by atoms with E-state index in [4.69, 9.17) is 9.47 Å². The van der Waals surface area contributed by atoms with Crippen molar-refractivity contribution < 1.29 is 23.9 Å². The first-order valence-corrected chi connectivity index (χ1v) is 11.9. The number of amides is 2. The summed E-state index contributed by atoms with van der Waals surface area (Å²) < 4.78 is 10.3. The molecule has 8 heteroatoms. The number of nitrogens with one attached hydrogen (secondary N) is 1. The van der Waals surface area contributed by atoms with Crippen LogP contribution in [0.4, 0.5) is 5.69 Å². The van der Waals surface area contributed by atoms with Gasteiger partial charge in [-0.2, -0.15) is 0 Å². The Balaban J connectivity index is 1.69. The lowest BCUT2D eigenvalue weighted by atomic mass is 9.81. The van der Waals surface area contributed by atoms with Gasteiger partial charge in [0.2, 0.25) is 5.91 Å². The number of nitrogens with zero attached hydrogens (tertiary/aromatic N) is 1. The number of methoxy groups -OCH3 is 1. The second-order valence-electron chi connectivity index (χ2n) is 7.80. The fourth-order valence-corrected chi connectivity index (χ4v) is 5.08. The Kier molecular flexibility index (Phi) is 7.40. The van der Waals surface area contributed by atoms with E-state index in [1.54, 1.807) is 55.3 Å². The maximum atomic E-state index is 13.7. The topological polar surface area (TPSA) is 84.9 Å². The molecule has 0 fully saturated rings. The maximum Gasteiger partial charge on any atom is 0.338 e. The summed E-state index contributed by atoms with van der Waals surface area (Å²) in [5.74, 6) is -1.38. The molecular weight excluding hydrogens is 452 g/mol. The number of hydrogen-bond acceptors (Lipinski definition) is 6. The molecule has 4 rings (SSSR count). The van der Waals surface area contributed by atoms with E-state index in [-0.39, 0.29) is 11.8 Å². The SMILES string of the molecule is CCOC(=O)c1ccc(NC(=O)C2c3ccccc3C(=O)N(CCOC)C2c2cccs2)cc1. The van der Waals surface area contributed by atoms with Crippen LogP contribution in [-0.4, -0.2) is 49.6 Å². The van der Waals surface area contributed by atoms with Gasteiger partial charge in [-0.15, -0.1) is 11.3 Å². The predicted molar refractivity (Wildman–Crippen MR) is 130 cm³/mol. The lowest BCUT2D eigenvalue weighted by Gasteiger charge is -2.41. The molecule has 2 aromatic carbocycles. The number of thiophene rings is 1. The Hall–Kier alpha value is -3.49. The molecule has 1 aliphatic rings. The number of anilines is 1. The molecule has 2 heterocycles. The molecule has 2 atom stereocenters. The minimum Gasteiger partial charge on any atom is -0.462 e. The lowest BCUT2D eigenvalue weighted by Crippen LogP contribution is -2.47. The van der Waals surface area contributed by atoms with Crippen LogP contribution in [0.15, 0.2) is 66.0 Å². The Labute approximate surface area is 202 Å². The number of ether oxygens (including phenoxy) is 2. The highest BCUT2D eigenvalue weighted by Crippen LogP contribution is 2.44. The van der Waals surface area contributed by atoms with Gasteiger partial charge in [0.1, 0.15) is 0 Å². The minimum atomic E-state index is -0.617. The molecule has 0 bridgehead atoms. The summed E-state index contributed by atoms with van der Waals surface area (Å²) in [7, 11) is 1.59. The Morgan fingerprint density at radius 1 is 1.06 bits per heavy atom. The van der Waals surface area contributed by atoms with Crippen LogP contribution in [0.1, 0.15) is 50.0 Å². The normalized spacial score (nSPS) is 17.2. The van der Waals surface area contributed by atoms with E-state index in [2.05, 4.69) is 5.32 Å². The summed E-state index contributed by atoms with van der Waals surface area (Å²) >= 11 is 1.51. The Bertz CT molecular complexity index is 1160. The highest BCUT2D eigenvalue weighted by atomic mass is 32.1. The molecule has 0 radical (unpaired) electrons. The lowest BCUT2D eigenvalue weighted by molar-refractivity contribution is -0.119. The van der Waals surface area contributed by atoms with Crippen molar-refractivity contribution in [2.24, 2.45) is 0 Å². The van der Waals surface area contributed by atoms with Gasteiger partial charge in [0.05, 0.1) is 30.7 Å². The molecule has 0 saturated heterocycles. The molecule has 2 unspecified atom stereocenters. The third-order valence-corrected chi connectivity index (χ3v) is 6.70. The molecular formula is C26H26N2O5S. The molecule has 0 spiro atoms. The fraction of sp³-hybridized carbons (Fsp3) is 0.269. The van der Waals surface area contributed by atoms with Crippen LogP contribution in [-0.2, 0) is 14.3 Å². The van der Waals surface area contributed by atoms with E-state index < -0.39 is 17.9 Å². The van der Waals surface area contributed by atoms with Crippen molar-refractivity contribution in [1.29, 1.82) is 0 Å². The molecule has 2 amide bonds. The highest BCUT2D eigenvalue weighted by Gasteiger charge is 2.44. The quantitative estimate of drug-likeness (QED) is 0.482. The number of hydrogen-bond donors (Lipinski definition) is 1. The van der Waals surface area contributed by atoms with Crippen LogP contribution in [0.2, 0.25) is 0 Å². The number of carbonyl (C=O) groups excluding carboxylic acids is 3. The van der Waals surface area contributed by atoms with Gasteiger partial charge in [-0.05, 0) is 54.3 Å². The molecule has 7 nitrogen and oxygen atoms in total. The molecule has 34 heavy (non-hydrogen) atoms. The third kappa shape index (κ3) is 4.73. The molecule has 0 saturated carbocycles. The van der Waals surface area contributed by atoms with Gasteiger partial charge in [0.25, 0.3) is 5.91 Å². The summed E-state index contributed by atoms with van der Waals surface area (Å²) in [5, 5.41) is 4.92. The fourth-order valence-electron chi connectivity index (χ4n) is 4.21. The Morgan fingerprint density at radius 3 is 2.50 bits per heavy atom. The average molecular weight is 479 g/mol. The highest BCUT2D eigenvalue weighted by molar-refractivity contribution is 7.10. The first-order chi connectivity index (χ1) is 16.5. The van der Waals surface area contributed by atoms with Crippen molar-refractivity contribution >= 4 is 34.8 Å². The van der Waals surface area contributed by atoms with Crippen LogP contribution >= 0.6 is 11.3 Å². The number of esters is 1. The number of carbonyl (C=O) groups is 3. The van der Waals surface area contributed by atoms with E-state index in [0.717, 1.165) is 4.88 Å². The number of benzene rings is 2. The van der Waals surface area contributed by atoms with Crippen LogP contribution < -0.4 is 5.32 Å². The third-order valence-electron chi connectivity index (χ3n) is 5.76. The predicted octanol–water partition coefficient (Wildman–Crippen LogP) is 4.49. The van der Waals surface area contributed by atoms with Crippen LogP contribution in [0.25, 0.3) is 0 Å². The van der Waals surface area contributed by atoms with Crippen molar-refractivity contribution in [2.45, 2.75) is 18.9 Å². The number of rotatable bonds is 8. The summed E-state index contributed by atoms with van der Waals surface area (Å²) in [5.41, 5.74) is 2.18. The van der Waals surface area contributed by atoms with E-state index in [0.29, 0.717) is 42.1 Å². The second-order valence-corrected chi connectivity index (χ2v) is 8.78. The first kappa shape index (κ1) is 23.7. The second kappa shape index (κ2) is 10.6. The van der Waals surface area contributed by atoms with Crippen LogP contribution in [0, 0.1) is 0 Å². The van der Waals surface area contributed by atoms with E-state index in [9.17, 15) is 14.4 Å².